The molecular weight excluding hydrogens is 134 g/mol. The highest BCUT2D eigenvalue weighted by Crippen LogP contribution is 2.21. The van der Waals surface area contributed by atoms with Crippen molar-refractivity contribution in [3.63, 3.8) is 0 Å². The summed E-state index contributed by atoms with van der Waals surface area (Å²) in [5.41, 5.74) is 0. The van der Waals surface area contributed by atoms with Crippen LogP contribution in [-0.2, 0) is 0 Å². The third-order valence-electron chi connectivity index (χ3n) is 2.67. The van der Waals surface area contributed by atoms with Crippen molar-refractivity contribution < 1.29 is 0 Å². The Hall–Kier alpha value is -0.0400. The Labute approximate surface area is 70.6 Å². The van der Waals surface area contributed by atoms with Crippen LogP contribution in [-0.4, -0.2) is 13.6 Å². The summed E-state index contributed by atoms with van der Waals surface area (Å²) in [5, 5.41) is 4.23. The zero-order valence-electron chi connectivity index (χ0n) is 7.68. The normalized spacial score (nSPS) is 22.6. The van der Waals surface area contributed by atoms with Gasteiger partial charge in [0, 0.05) is 13.6 Å². The molecule has 1 rings (SSSR count). The average Bonchev–Trinajstić information content (AvgIpc) is 1.94. The Bertz CT molecular complexity index is 82.9. The van der Waals surface area contributed by atoms with Crippen LogP contribution in [0.15, 0.2) is 0 Å². The fourth-order valence-corrected chi connectivity index (χ4v) is 1.98. The van der Waals surface area contributed by atoms with E-state index in [0.29, 0.717) is 0 Å². The van der Waals surface area contributed by atoms with E-state index in [1.807, 2.05) is 7.05 Å². The van der Waals surface area contributed by atoms with Crippen molar-refractivity contribution in [1.29, 1.82) is 0 Å². The molecule has 0 unspecified atom stereocenters. The first-order chi connectivity index (χ1) is 5.43. The smallest absolute Gasteiger partial charge is 0.0158 e. The molecule has 0 atom stereocenters. The van der Waals surface area contributed by atoms with Crippen molar-refractivity contribution >= 4 is 0 Å². The molecule has 0 aliphatic heterocycles. The Morgan fingerprint density at radius 2 is 1.55 bits per heavy atom. The predicted octanol–water partition coefficient (Wildman–Crippen LogP) is 2.58. The maximum absolute atomic E-state index is 4.23. The van der Waals surface area contributed by atoms with Gasteiger partial charge in [0.1, 0.15) is 0 Å². The van der Waals surface area contributed by atoms with Crippen molar-refractivity contribution in [1.82, 2.24) is 5.32 Å². The molecule has 1 aliphatic carbocycles. The summed E-state index contributed by atoms with van der Waals surface area (Å²) in [5.74, 6) is 0.917. The van der Waals surface area contributed by atoms with Gasteiger partial charge in [0.2, 0.25) is 0 Å². The standard InChI is InChI=1S/C10H20N/c1-11-9-10-7-5-3-2-4-6-8-10/h10H,2-9H2,1H3. The summed E-state index contributed by atoms with van der Waals surface area (Å²) in [6, 6.07) is 0. The molecule has 0 aromatic heterocycles. The third-order valence-corrected chi connectivity index (χ3v) is 2.67. The van der Waals surface area contributed by atoms with Crippen molar-refractivity contribution in [2.45, 2.75) is 44.9 Å². The minimum atomic E-state index is 0.917. The lowest BCUT2D eigenvalue weighted by atomic mass is 9.91. The lowest BCUT2D eigenvalue weighted by Crippen LogP contribution is -2.14. The van der Waals surface area contributed by atoms with Gasteiger partial charge in [-0.2, -0.15) is 0 Å². The summed E-state index contributed by atoms with van der Waals surface area (Å²) < 4.78 is 0. The van der Waals surface area contributed by atoms with Gasteiger partial charge in [0.25, 0.3) is 0 Å². The molecule has 1 fully saturated rings. The Morgan fingerprint density at radius 3 is 2.09 bits per heavy atom. The molecule has 1 radical (unpaired) electrons. The monoisotopic (exact) mass is 154 g/mol. The van der Waals surface area contributed by atoms with E-state index in [9.17, 15) is 0 Å². The number of rotatable bonds is 2. The van der Waals surface area contributed by atoms with E-state index >= 15 is 0 Å². The van der Waals surface area contributed by atoms with Crippen LogP contribution >= 0.6 is 0 Å². The minimum absolute atomic E-state index is 0.917. The molecule has 0 amide bonds. The summed E-state index contributed by atoms with van der Waals surface area (Å²) in [4.78, 5) is 0. The van der Waals surface area contributed by atoms with Crippen LogP contribution in [0.25, 0.3) is 0 Å². The molecule has 11 heavy (non-hydrogen) atoms. The van der Waals surface area contributed by atoms with Gasteiger partial charge < -0.3 is 0 Å². The number of hydrogen-bond acceptors (Lipinski definition) is 0. The van der Waals surface area contributed by atoms with Crippen molar-refractivity contribution in [2.75, 3.05) is 13.6 Å². The van der Waals surface area contributed by atoms with Crippen molar-refractivity contribution in [3.8, 4) is 0 Å². The first-order valence-corrected chi connectivity index (χ1v) is 4.99. The van der Waals surface area contributed by atoms with Crippen molar-refractivity contribution in [2.24, 2.45) is 5.92 Å². The molecule has 0 aromatic rings. The van der Waals surface area contributed by atoms with Crippen LogP contribution < -0.4 is 5.32 Å². The van der Waals surface area contributed by atoms with Crippen LogP contribution in [0.4, 0.5) is 0 Å². The van der Waals surface area contributed by atoms with Crippen LogP contribution in [0.1, 0.15) is 44.9 Å². The third kappa shape index (κ3) is 3.76. The van der Waals surface area contributed by atoms with Gasteiger partial charge in [-0.05, 0) is 18.8 Å². The van der Waals surface area contributed by atoms with Gasteiger partial charge in [0.05, 0.1) is 0 Å². The highest BCUT2D eigenvalue weighted by molar-refractivity contribution is 4.64. The van der Waals surface area contributed by atoms with Crippen LogP contribution in [0.5, 0.6) is 0 Å². The van der Waals surface area contributed by atoms with Gasteiger partial charge in [-0.25, -0.2) is 5.32 Å². The molecule has 0 saturated heterocycles. The minimum Gasteiger partial charge on any atom is -0.245 e. The molecule has 1 heteroatoms. The van der Waals surface area contributed by atoms with Gasteiger partial charge in [0.15, 0.2) is 0 Å². The number of hydrogen-bond donors (Lipinski definition) is 0. The molecule has 0 bridgehead atoms. The fourth-order valence-electron chi connectivity index (χ4n) is 1.98. The lowest BCUT2D eigenvalue weighted by Gasteiger charge is -2.18. The zero-order valence-corrected chi connectivity index (χ0v) is 7.68. The first kappa shape index (κ1) is 9.05. The molecule has 65 valence electrons. The molecule has 0 heterocycles. The second-order valence-corrected chi connectivity index (χ2v) is 3.71. The summed E-state index contributed by atoms with van der Waals surface area (Å²) >= 11 is 0. The van der Waals surface area contributed by atoms with E-state index in [1.165, 1.54) is 44.9 Å². The summed E-state index contributed by atoms with van der Waals surface area (Å²) in [6.07, 6.45) is 10.1. The van der Waals surface area contributed by atoms with Crippen LogP contribution in [0.2, 0.25) is 0 Å². The van der Waals surface area contributed by atoms with Gasteiger partial charge in [-0.3, -0.25) is 0 Å². The largest absolute Gasteiger partial charge is 0.245 e. The Balaban J connectivity index is 2.15. The van der Waals surface area contributed by atoms with E-state index in [-0.39, 0.29) is 0 Å². The Kier molecular flexibility index (Phi) is 4.60. The molecule has 0 N–H and O–H groups in total. The molecule has 1 aliphatic rings. The first-order valence-electron chi connectivity index (χ1n) is 4.99. The summed E-state index contributed by atoms with van der Waals surface area (Å²) in [7, 11) is 1.94. The highest BCUT2D eigenvalue weighted by Gasteiger charge is 2.09. The summed E-state index contributed by atoms with van der Waals surface area (Å²) in [6.45, 7) is 1.11. The van der Waals surface area contributed by atoms with Crippen molar-refractivity contribution in [3.05, 3.63) is 0 Å². The Morgan fingerprint density at radius 1 is 1.00 bits per heavy atom. The quantitative estimate of drug-likeness (QED) is 0.580. The fraction of sp³-hybridized carbons (Fsp3) is 1.00. The zero-order chi connectivity index (χ0) is 7.94. The molecule has 0 aromatic carbocycles. The van der Waals surface area contributed by atoms with E-state index < -0.39 is 0 Å². The molecule has 1 saturated carbocycles. The van der Waals surface area contributed by atoms with E-state index in [2.05, 4.69) is 5.32 Å². The second kappa shape index (κ2) is 5.59. The van der Waals surface area contributed by atoms with E-state index in [1.54, 1.807) is 0 Å². The highest BCUT2D eigenvalue weighted by atomic mass is 14.8. The maximum Gasteiger partial charge on any atom is 0.0158 e. The number of nitrogens with zero attached hydrogens (tertiary/aromatic N) is 1. The van der Waals surface area contributed by atoms with Gasteiger partial charge in [-0.15, -0.1) is 0 Å². The van der Waals surface area contributed by atoms with Gasteiger partial charge in [-0.1, -0.05) is 32.1 Å². The lowest BCUT2D eigenvalue weighted by molar-refractivity contribution is 0.367. The van der Waals surface area contributed by atoms with Crippen LogP contribution in [0, 0.1) is 5.92 Å². The average molecular weight is 154 g/mol. The predicted molar refractivity (Wildman–Crippen MR) is 48.7 cm³/mol. The van der Waals surface area contributed by atoms with E-state index in [4.69, 9.17) is 0 Å². The molecule has 0 spiro atoms. The second-order valence-electron chi connectivity index (χ2n) is 3.71. The van der Waals surface area contributed by atoms with Gasteiger partial charge >= 0.3 is 0 Å². The topological polar surface area (TPSA) is 14.1 Å². The molecular formula is C10H20N. The SMILES string of the molecule is C[N]CC1CCCCCCC1. The maximum atomic E-state index is 4.23. The van der Waals surface area contributed by atoms with E-state index in [0.717, 1.165) is 12.5 Å². The van der Waals surface area contributed by atoms with Crippen LogP contribution in [0.3, 0.4) is 0 Å². The molecule has 1 nitrogen and oxygen atoms in total.